The molecule has 142 valence electrons. The third kappa shape index (κ3) is 4.73. The van der Waals surface area contributed by atoms with Crippen LogP contribution in [0.2, 0.25) is 0 Å². The maximum atomic E-state index is 12.7. The van der Waals surface area contributed by atoms with E-state index >= 15 is 0 Å². The normalized spacial score (nSPS) is 10.2. The van der Waals surface area contributed by atoms with Gasteiger partial charge in [-0.3, -0.25) is 9.78 Å². The summed E-state index contributed by atoms with van der Waals surface area (Å²) in [6, 6.07) is 18.1. The summed E-state index contributed by atoms with van der Waals surface area (Å²) in [5, 5.41) is 5.99. The molecular weight excluding hydrogens is 354 g/mol. The molecule has 0 atom stereocenters. The summed E-state index contributed by atoms with van der Waals surface area (Å²) < 4.78 is 5.04. The Morgan fingerprint density at radius 2 is 1.79 bits per heavy atom. The van der Waals surface area contributed by atoms with E-state index in [4.69, 9.17) is 4.74 Å². The van der Waals surface area contributed by atoms with Gasteiger partial charge in [-0.15, -0.1) is 0 Å². The van der Waals surface area contributed by atoms with Crippen molar-refractivity contribution in [2.45, 2.75) is 13.8 Å². The lowest BCUT2D eigenvalue weighted by molar-refractivity contribution is 0.0527. The number of nitrogens with one attached hydrogen (secondary N) is 2. The molecule has 0 aliphatic rings. The smallest absolute Gasteiger partial charge is 0.340 e. The maximum Gasteiger partial charge on any atom is 0.340 e. The van der Waals surface area contributed by atoms with Gasteiger partial charge >= 0.3 is 5.97 Å². The molecule has 1 amide bonds. The number of esters is 1. The largest absolute Gasteiger partial charge is 0.462 e. The van der Waals surface area contributed by atoms with Crippen molar-refractivity contribution in [2.75, 3.05) is 17.2 Å². The third-order valence-corrected chi connectivity index (χ3v) is 3.97. The highest BCUT2D eigenvalue weighted by Crippen LogP contribution is 2.20. The minimum absolute atomic E-state index is 0.233. The van der Waals surface area contributed by atoms with E-state index in [1.807, 2.05) is 31.2 Å². The number of hydrogen-bond acceptors (Lipinski definition) is 5. The number of amides is 1. The molecule has 0 saturated carbocycles. The Morgan fingerprint density at radius 1 is 1.00 bits per heavy atom. The third-order valence-electron chi connectivity index (χ3n) is 3.97. The number of ether oxygens (including phenoxy) is 1. The van der Waals surface area contributed by atoms with Gasteiger partial charge in [-0.25, -0.2) is 4.79 Å². The van der Waals surface area contributed by atoms with E-state index < -0.39 is 11.9 Å². The molecule has 0 radical (unpaired) electrons. The van der Waals surface area contributed by atoms with Crippen molar-refractivity contribution in [3.63, 3.8) is 0 Å². The van der Waals surface area contributed by atoms with Crippen molar-refractivity contribution in [1.29, 1.82) is 0 Å². The summed E-state index contributed by atoms with van der Waals surface area (Å²) in [6.45, 7) is 4.00. The first-order valence-corrected chi connectivity index (χ1v) is 8.94. The van der Waals surface area contributed by atoms with Gasteiger partial charge in [-0.05, 0) is 55.8 Å². The minimum atomic E-state index is -0.485. The lowest BCUT2D eigenvalue weighted by Crippen LogP contribution is -2.17. The predicted octanol–water partition coefficient (Wildman–Crippen LogP) is 4.56. The van der Waals surface area contributed by atoms with Gasteiger partial charge < -0.3 is 15.4 Å². The molecule has 0 saturated heterocycles. The summed E-state index contributed by atoms with van der Waals surface area (Å²) in [4.78, 5) is 28.9. The standard InChI is InChI=1S/C22H21N3O3/c1-3-28-22(27)18-9-4-5-10-19(18)25-21(26)20-14-17(11-12-23-20)24-16-8-6-7-15(2)13-16/h4-14H,3H2,1-2H3,(H,23,24)(H,25,26). The highest BCUT2D eigenvalue weighted by Gasteiger charge is 2.15. The van der Waals surface area contributed by atoms with Crippen LogP contribution in [-0.4, -0.2) is 23.5 Å². The molecule has 3 rings (SSSR count). The molecule has 6 heteroatoms. The molecule has 28 heavy (non-hydrogen) atoms. The molecule has 0 unspecified atom stereocenters. The SMILES string of the molecule is CCOC(=O)c1ccccc1NC(=O)c1cc(Nc2cccc(C)c2)ccn1. The Balaban J connectivity index is 1.78. The highest BCUT2D eigenvalue weighted by atomic mass is 16.5. The van der Waals surface area contributed by atoms with Gasteiger partial charge in [-0.1, -0.05) is 24.3 Å². The number of aromatic nitrogens is 1. The van der Waals surface area contributed by atoms with Crippen molar-refractivity contribution >= 4 is 28.9 Å². The second kappa shape index (κ2) is 8.81. The van der Waals surface area contributed by atoms with E-state index in [1.165, 1.54) is 0 Å². The number of hydrogen-bond donors (Lipinski definition) is 2. The maximum absolute atomic E-state index is 12.7. The molecule has 0 bridgehead atoms. The van der Waals surface area contributed by atoms with Crippen LogP contribution in [-0.2, 0) is 4.74 Å². The van der Waals surface area contributed by atoms with Crippen LogP contribution in [0.4, 0.5) is 17.1 Å². The van der Waals surface area contributed by atoms with Gasteiger partial charge in [-0.2, -0.15) is 0 Å². The second-order valence-corrected chi connectivity index (χ2v) is 6.14. The van der Waals surface area contributed by atoms with Crippen LogP contribution < -0.4 is 10.6 Å². The van der Waals surface area contributed by atoms with Crippen molar-refractivity contribution in [3.8, 4) is 0 Å². The van der Waals surface area contributed by atoms with Crippen LogP contribution in [0.1, 0.15) is 33.3 Å². The van der Waals surface area contributed by atoms with Gasteiger partial charge in [0, 0.05) is 17.6 Å². The molecule has 3 aromatic rings. The number of nitrogens with zero attached hydrogens (tertiary/aromatic N) is 1. The fourth-order valence-electron chi connectivity index (χ4n) is 2.69. The number of para-hydroxylation sites is 1. The summed E-state index contributed by atoms with van der Waals surface area (Å²) in [6.07, 6.45) is 1.56. The van der Waals surface area contributed by atoms with Crippen molar-refractivity contribution < 1.29 is 14.3 Å². The molecule has 0 aliphatic carbocycles. The number of carbonyl (C=O) groups excluding carboxylic acids is 2. The molecule has 0 spiro atoms. The predicted molar refractivity (Wildman–Crippen MR) is 109 cm³/mol. The summed E-state index contributed by atoms with van der Waals surface area (Å²) >= 11 is 0. The number of benzene rings is 2. The van der Waals surface area contributed by atoms with Gasteiger partial charge in [0.1, 0.15) is 5.69 Å². The zero-order chi connectivity index (χ0) is 19.9. The first kappa shape index (κ1) is 19.1. The Labute approximate surface area is 163 Å². The number of pyridine rings is 1. The fourth-order valence-corrected chi connectivity index (χ4v) is 2.69. The van der Waals surface area contributed by atoms with Gasteiger partial charge in [0.05, 0.1) is 17.9 Å². The Morgan fingerprint density at radius 3 is 2.57 bits per heavy atom. The molecule has 2 N–H and O–H groups in total. The van der Waals surface area contributed by atoms with Crippen molar-refractivity contribution in [3.05, 3.63) is 83.7 Å². The topological polar surface area (TPSA) is 80.3 Å². The lowest BCUT2D eigenvalue weighted by atomic mass is 10.1. The van der Waals surface area contributed by atoms with E-state index in [9.17, 15) is 9.59 Å². The van der Waals surface area contributed by atoms with E-state index in [2.05, 4.69) is 15.6 Å². The van der Waals surface area contributed by atoms with E-state index in [-0.39, 0.29) is 12.3 Å². The van der Waals surface area contributed by atoms with Crippen LogP contribution >= 0.6 is 0 Å². The average Bonchev–Trinajstić information content (AvgIpc) is 2.69. The van der Waals surface area contributed by atoms with Crippen molar-refractivity contribution in [1.82, 2.24) is 4.98 Å². The molecule has 2 aromatic carbocycles. The van der Waals surface area contributed by atoms with Crippen LogP contribution in [0.15, 0.2) is 66.9 Å². The molecule has 1 aromatic heterocycles. The molecule has 0 aliphatic heterocycles. The zero-order valence-corrected chi connectivity index (χ0v) is 15.7. The number of carbonyl (C=O) groups is 2. The summed E-state index contributed by atoms with van der Waals surface area (Å²) in [7, 11) is 0. The monoisotopic (exact) mass is 375 g/mol. The van der Waals surface area contributed by atoms with Gasteiger partial charge in [0.2, 0.25) is 0 Å². The van der Waals surface area contributed by atoms with Gasteiger partial charge in [0.15, 0.2) is 0 Å². The molecule has 6 nitrogen and oxygen atoms in total. The fraction of sp³-hybridized carbons (Fsp3) is 0.136. The summed E-state index contributed by atoms with van der Waals surface area (Å²) in [5.74, 6) is -0.897. The Hall–Kier alpha value is -3.67. The second-order valence-electron chi connectivity index (χ2n) is 6.14. The first-order valence-electron chi connectivity index (χ1n) is 8.94. The zero-order valence-electron chi connectivity index (χ0n) is 15.7. The Bertz CT molecular complexity index is 1000. The van der Waals surface area contributed by atoms with Crippen LogP contribution in [0.5, 0.6) is 0 Å². The van der Waals surface area contributed by atoms with Crippen LogP contribution in [0.3, 0.4) is 0 Å². The number of rotatable bonds is 6. The minimum Gasteiger partial charge on any atom is -0.462 e. The number of aryl methyl sites for hydroxylation is 1. The van der Waals surface area contributed by atoms with Crippen LogP contribution in [0, 0.1) is 6.92 Å². The van der Waals surface area contributed by atoms with Crippen LogP contribution in [0.25, 0.3) is 0 Å². The van der Waals surface area contributed by atoms with Gasteiger partial charge in [0.25, 0.3) is 5.91 Å². The first-order chi connectivity index (χ1) is 13.6. The molecular formula is C22H21N3O3. The Kier molecular flexibility index (Phi) is 6.01. The highest BCUT2D eigenvalue weighted by molar-refractivity contribution is 6.07. The number of anilines is 3. The molecule has 0 fully saturated rings. The van der Waals surface area contributed by atoms with Crippen molar-refractivity contribution in [2.24, 2.45) is 0 Å². The quantitative estimate of drug-likeness (QED) is 0.617. The average molecular weight is 375 g/mol. The lowest BCUT2D eigenvalue weighted by Gasteiger charge is -2.11. The van der Waals surface area contributed by atoms with E-state index in [0.717, 1.165) is 16.9 Å². The summed E-state index contributed by atoms with van der Waals surface area (Å²) in [5.41, 5.74) is 3.70. The van der Waals surface area contributed by atoms with E-state index in [1.54, 1.807) is 49.5 Å². The van der Waals surface area contributed by atoms with E-state index in [0.29, 0.717) is 11.3 Å². The molecule has 1 heterocycles.